The summed E-state index contributed by atoms with van der Waals surface area (Å²) in [6.07, 6.45) is 0.775. The predicted octanol–water partition coefficient (Wildman–Crippen LogP) is 1.10. The van der Waals surface area contributed by atoms with Crippen LogP contribution in [-0.2, 0) is 19.1 Å². The molecule has 5 heteroatoms. The number of hydrogen-bond donors (Lipinski definition) is 1. The van der Waals surface area contributed by atoms with Gasteiger partial charge in [-0.05, 0) is 13.3 Å². The fraction of sp³-hybridized carbons (Fsp3) is 0.833. The number of hydrogen-bond acceptors (Lipinski definition) is 5. The zero-order chi connectivity index (χ0) is 13.4. The molecule has 5 nitrogen and oxygen atoms in total. The number of esters is 2. The summed E-state index contributed by atoms with van der Waals surface area (Å²) < 4.78 is 10.1. The molecule has 0 heterocycles. The Morgan fingerprint density at radius 2 is 1.53 bits per heavy atom. The third-order valence-corrected chi connectivity index (χ3v) is 2.34. The van der Waals surface area contributed by atoms with E-state index in [9.17, 15) is 9.59 Å². The highest BCUT2D eigenvalue weighted by molar-refractivity contribution is 5.74. The van der Waals surface area contributed by atoms with Crippen LogP contribution in [0, 0.1) is 11.8 Å². The van der Waals surface area contributed by atoms with Gasteiger partial charge in [0.2, 0.25) is 0 Å². The molecule has 17 heavy (non-hydrogen) atoms. The molecule has 2 atom stereocenters. The second kappa shape index (κ2) is 8.06. The van der Waals surface area contributed by atoms with Crippen molar-refractivity contribution in [2.24, 2.45) is 17.6 Å². The van der Waals surface area contributed by atoms with Crippen molar-refractivity contribution in [3.05, 3.63) is 0 Å². The molecule has 0 radical (unpaired) electrons. The first-order chi connectivity index (χ1) is 7.88. The van der Waals surface area contributed by atoms with Gasteiger partial charge >= 0.3 is 11.9 Å². The summed E-state index contributed by atoms with van der Waals surface area (Å²) in [6, 6.07) is -0.620. The summed E-state index contributed by atoms with van der Waals surface area (Å²) in [7, 11) is 0. The van der Waals surface area contributed by atoms with Gasteiger partial charge in [-0.25, -0.2) is 0 Å². The van der Waals surface area contributed by atoms with Gasteiger partial charge in [0.05, 0.1) is 19.1 Å². The van der Waals surface area contributed by atoms with Crippen LogP contribution in [0.1, 0.15) is 34.1 Å². The second-order valence-corrected chi connectivity index (χ2v) is 4.48. The number of carbonyl (C=O) groups is 2. The van der Waals surface area contributed by atoms with Crippen molar-refractivity contribution in [2.75, 3.05) is 13.2 Å². The highest BCUT2D eigenvalue weighted by atomic mass is 16.5. The molecule has 0 bridgehead atoms. The van der Waals surface area contributed by atoms with E-state index in [1.165, 1.54) is 0 Å². The Balaban J connectivity index is 3.92. The first kappa shape index (κ1) is 15.9. The van der Waals surface area contributed by atoms with Gasteiger partial charge in [0.1, 0.15) is 6.04 Å². The van der Waals surface area contributed by atoms with Gasteiger partial charge in [-0.1, -0.05) is 20.8 Å². The predicted molar refractivity (Wildman–Crippen MR) is 64.2 cm³/mol. The maximum absolute atomic E-state index is 11.3. The van der Waals surface area contributed by atoms with Crippen LogP contribution in [0.4, 0.5) is 0 Å². The van der Waals surface area contributed by atoms with Crippen molar-refractivity contribution < 1.29 is 19.1 Å². The standard InChI is InChI=1S/C12H23NO4/c1-5-10(6-16-11(14)8(2)3)7-17-12(15)9(4)13/h8-10H,5-7,13H2,1-4H3/t9-,10?/m0/s1. The topological polar surface area (TPSA) is 78.6 Å². The van der Waals surface area contributed by atoms with Gasteiger partial charge in [0.15, 0.2) is 0 Å². The van der Waals surface area contributed by atoms with Crippen molar-refractivity contribution in [1.82, 2.24) is 0 Å². The molecule has 0 aromatic carbocycles. The smallest absolute Gasteiger partial charge is 0.322 e. The molecular formula is C12H23NO4. The van der Waals surface area contributed by atoms with E-state index in [0.29, 0.717) is 0 Å². The highest BCUT2D eigenvalue weighted by Gasteiger charge is 2.16. The zero-order valence-corrected chi connectivity index (χ0v) is 11.1. The van der Waals surface area contributed by atoms with Crippen molar-refractivity contribution in [1.29, 1.82) is 0 Å². The Kier molecular flexibility index (Phi) is 7.54. The molecule has 0 saturated carbocycles. The summed E-state index contributed by atoms with van der Waals surface area (Å²) >= 11 is 0. The van der Waals surface area contributed by atoms with Crippen molar-refractivity contribution in [2.45, 2.75) is 40.2 Å². The van der Waals surface area contributed by atoms with Gasteiger partial charge in [0, 0.05) is 5.92 Å². The Hall–Kier alpha value is -1.10. The van der Waals surface area contributed by atoms with Gasteiger partial charge in [0.25, 0.3) is 0 Å². The van der Waals surface area contributed by atoms with Crippen molar-refractivity contribution in [3.8, 4) is 0 Å². The molecule has 0 aliphatic rings. The maximum Gasteiger partial charge on any atom is 0.322 e. The zero-order valence-electron chi connectivity index (χ0n) is 11.1. The quantitative estimate of drug-likeness (QED) is 0.679. The lowest BCUT2D eigenvalue weighted by molar-refractivity contribution is -0.151. The van der Waals surface area contributed by atoms with E-state index in [2.05, 4.69) is 0 Å². The summed E-state index contributed by atoms with van der Waals surface area (Å²) in [5, 5.41) is 0. The van der Waals surface area contributed by atoms with Crippen LogP contribution in [0.2, 0.25) is 0 Å². The molecule has 0 fully saturated rings. The van der Waals surface area contributed by atoms with E-state index >= 15 is 0 Å². The van der Waals surface area contributed by atoms with E-state index in [4.69, 9.17) is 15.2 Å². The molecule has 0 saturated heterocycles. The van der Waals surface area contributed by atoms with Gasteiger partial charge in [-0.15, -0.1) is 0 Å². The third kappa shape index (κ3) is 6.94. The SMILES string of the molecule is CCC(COC(=O)C(C)C)COC(=O)[C@H](C)N. The Bertz CT molecular complexity index is 227. The molecule has 0 rings (SSSR count). The summed E-state index contributed by atoms with van der Waals surface area (Å²) in [6.45, 7) is 7.59. The summed E-state index contributed by atoms with van der Waals surface area (Å²) in [4.78, 5) is 22.4. The van der Waals surface area contributed by atoms with E-state index in [1.54, 1.807) is 20.8 Å². The van der Waals surface area contributed by atoms with Crippen LogP contribution < -0.4 is 5.73 Å². The minimum Gasteiger partial charge on any atom is -0.465 e. The minimum absolute atomic E-state index is 0.0281. The lowest BCUT2D eigenvalue weighted by Crippen LogP contribution is -2.31. The van der Waals surface area contributed by atoms with Crippen molar-refractivity contribution in [3.63, 3.8) is 0 Å². The van der Waals surface area contributed by atoms with Crippen LogP contribution in [0.15, 0.2) is 0 Å². The molecule has 1 unspecified atom stereocenters. The summed E-state index contributed by atoms with van der Waals surface area (Å²) in [5.41, 5.74) is 5.37. The molecule has 0 aromatic heterocycles. The monoisotopic (exact) mass is 245 g/mol. The maximum atomic E-state index is 11.3. The number of nitrogens with two attached hydrogens (primary N) is 1. The first-order valence-corrected chi connectivity index (χ1v) is 5.97. The molecule has 2 N–H and O–H groups in total. The van der Waals surface area contributed by atoms with E-state index in [0.717, 1.165) is 6.42 Å². The van der Waals surface area contributed by atoms with Crippen molar-refractivity contribution >= 4 is 11.9 Å². The molecule has 100 valence electrons. The summed E-state index contributed by atoms with van der Waals surface area (Å²) in [5.74, 6) is -0.778. The molecule has 0 aliphatic heterocycles. The lowest BCUT2D eigenvalue weighted by Gasteiger charge is -2.16. The molecule has 0 amide bonds. The van der Waals surface area contributed by atoms with E-state index in [-0.39, 0.29) is 31.0 Å². The van der Waals surface area contributed by atoms with Crippen LogP contribution >= 0.6 is 0 Å². The van der Waals surface area contributed by atoms with Crippen LogP contribution in [0.5, 0.6) is 0 Å². The Morgan fingerprint density at radius 3 is 1.88 bits per heavy atom. The second-order valence-electron chi connectivity index (χ2n) is 4.48. The number of ether oxygens (including phenoxy) is 2. The fourth-order valence-electron chi connectivity index (χ4n) is 0.982. The Morgan fingerprint density at radius 1 is 1.06 bits per heavy atom. The highest BCUT2D eigenvalue weighted by Crippen LogP contribution is 2.07. The average Bonchev–Trinajstić information content (AvgIpc) is 2.28. The number of rotatable bonds is 7. The minimum atomic E-state index is -0.620. The average molecular weight is 245 g/mol. The lowest BCUT2D eigenvalue weighted by atomic mass is 10.1. The first-order valence-electron chi connectivity index (χ1n) is 5.97. The van der Waals surface area contributed by atoms with E-state index < -0.39 is 12.0 Å². The van der Waals surface area contributed by atoms with E-state index in [1.807, 2.05) is 6.92 Å². The van der Waals surface area contributed by atoms with Crippen LogP contribution in [0.3, 0.4) is 0 Å². The van der Waals surface area contributed by atoms with Crippen LogP contribution in [-0.4, -0.2) is 31.2 Å². The van der Waals surface area contributed by atoms with Crippen LogP contribution in [0.25, 0.3) is 0 Å². The van der Waals surface area contributed by atoms with Gasteiger partial charge < -0.3 is 15.2 Å². The molecule has 0 spiro atoms. The molecular weight excluding hydrogens is 222 g/mol. The molecule has 0 aromatic rings. The largest absolute Gasteiger partial charge is 0.465 e. The Labute approximate surface area is 103 Å². The van der Waals surface area contributed by atoms with Gasteiger partial charge in [-0.2, -0.15) is 0 Å². The fourth-order valence-corrected chi connectivity index (χ4v) is 0.982. The normalized spacial score (nSPS) is 14.2. The third-order valence-electron chi connectivity index (χ3n) is 2.34. The number of carbonyl (C=O) groups excluding carboxylic acids is 2. The molecule has 0 aliphatic carbocycles. The van der Waals surface area contributed by atoms with Gasteiger partial charge in [-0.3, -0.25) is 9.59 Å².